The van der Waals surface area contributed by atoms with Crippen molar-refractivity contribution in [2.75, 3.05) is 4.90 Å². The van der Waals surface area contributed by atoms with Gasteiger partial charge in [-0.2, -0.15) is 4.39 Å². The molecule has 0 unspecified atom stereocenters. The van der Waals surface area contributed by atoms with Gasteiger partial charge in [0.25, 0.3) is 11.7 Å². The maximum Gasteiger partial charge on any atom is 0.299 e. The van der Waals surface area contributed by atoms with Gasteiger partial charge in [-0.25, -0.2) is 4.98 Å². The largest absolute Gasteiger partial charge is 0.300 e. The molecule has 0 radical (unpaired) electrons. The van der Waals surface area contributed by atoms with Crippen LogP contribution in [0.1, 0.15) is 15.9 Å². The van der Waals surface area contributed by atoms with Gasteiger partial charge in [-0.15, -0.1) is 0 Å². The fraction of sp³-hybridized carbons (Fsp3) is 0.0500. The minimum absolute atomic E-state index is 0.274. The number of amides is 1. The molecule has 0 bridgehead atoms. The first-order valence-corrected chi connectivity index (χ1v) is 8.69. The predicted octanol–water partition coefficient (Wildman–Crippen LogP) is 4.38. The molecule has 2 heterocycles. The van der Waals surface area contributed by atoms with E-state index >= 15 is 0 Å². The average molecular weight is 411 g/mol. The fourth-order valence-electron chi connectivity index (χ4n) is 3.05. The van der Waals surface area contributed by atoms with Gasteiger partial charge >= 0.3 is 0 Å². The van der Waals surface area contributed by atoms with Gasteiger partial charge in [0.15, 0.2) is 0 Å². The number of benzene rings is 2. The molecule has 0 aliphatic carbocycles. The zero-order valence-corrected chi connectivity index (χ0v) is 15.0. The molecule has 4 nitrogen and oxygen atoms in total. The van der Waals surface area contributed by atoms with E-state index in [0.717, 1.165) is 10.0 Å². The Morgan fingerprint density at radius 3 is 2.38 bits per heavy atom. The van der Waals surface area contributed by atoms with E-state index in [0.29, 0.717) is 22.4 Å². The van der Waals surface area contributed by atoms with Gasteiger partial charge in [0.1, 0.15) is 0 Å². The van der Waals surface area contributed by atoms with Crippen LogP contribution in [0, 0.1) is 5.95 Å². The summed E-state index contributed by atoms with van der Waals surface area (Å²) in [7, 11) is 0. The zero-order valence-electron chi connectivity index (χ0n) is 13.4. The molecule has 0 N–H and O–H groups in total. The van der Waals surface area contributed by atoms with Crippen LogP contribution in [0.2, 0.25) is 0 Å². The van der Waals surface area contributed by atoms with Gasteiger partial charge < -0.3 is 0 Å². The van der Waals surface area contributed by atoms with Crippen LogP contribution >= 0.6 is 15.9 Å². The Bertz CT molecular complexity index is 1020. The number of anilines is 1. The number of Topliss-reactive ketones (excluding diaryl/α,β-unsaturated/α-hetero) is 1. The van der Waals surface area contributed by atoms with Gasteiger partial charge in [0, 0.05) is 21.8 Å². The van der Waals surface area contributed by atoms with Crippen LogP contribution in [0.3, 0.4) is 0 Å². The highest BCUT2D eigenvalue weighted by molar-refractivity contribution is 9.10. The van der Waals surface area contributed by atoms with Crippen molar-refractivity contribution < 1.29 is 14.0 Å². The SMILES string of the molecule is O=C1C(=O)N(Cc2ccc(Br)cc2)c2c1cccc2-c1ccc(F)nc1. The highest BCUT2D eigenvalue weighted by atomic mass is 79.9. The van der Waals surface area contributed by atoms with Gasteiger partial charge in [-0.05, 0) is 35.9 Å². The standard InChI is InChI=1S/C20H12BrFN2O2/c21-14-7-4-12(5-8-14)11-24-18-15(13-6-9-17(22)23-10-13)2-1-3-16(18)19(25)20(24)26/h1-10H,11H2. The van der Waals surface area contributed by atoms with E-state index in [1.54, 1.807) is 24.3 Å². The minimum Gasteiger partial charge on any atom is -0.300 e. The van der Waals surface area contributed by atoms with E-state index in [9.17, 15) is 14.0 Å². The Labute approximate surface area is 157 Å². The maximum atomic E-state index is 13.2. The summed E-state index contributed by atoms with van der Waals surface area (Å²) in [6, 6.07) is 15.5. The first-order chi connectivity index (χ1) is 12.5. The number of ketones is 1. The molecule has 26 heavy (non-hydrogen) atoms. The van der Waals surface area contributed by atoms with E-state index in [1.165, 1.54) is 17.2 Å². The van der Waals surface area contributed by atoms with E-state index < -0.39 is 17.6 Å². The summed E-state index contributed by atoms with van der Waals surface area (Å²) < 4.78 is 14.1. The van der Waals surface area contributed by atoms with Crippen LogP contribution in [0.5, 0.6) is 0 Å². The van der Waals surface area contributed by atoms with Crippen molar-refractivity contribution in [1.82, 2.24) is 4.98 Å². The lowest BCUT2D eigenvalue weighted by molar-refractivity contribution is -0.114. The van der Waals surface area contributed by atoms with Crippen molar-refractivity contribution in [2.24, 2.45) is 0 Å². The third-order valence-electron chi connectivity index (χ3n) is 4.28. The number of rotatable bonds is 3. The number of carbonyl (C=O) groups is 2. The van der Waals surface area contributed by atoms with Crippen molar-refractivity contribution >= 4 is 33.3 Å². The summed E-state index contributed by atoms with van der Waals surface area (Å²) in [5.41, 5.74) is 3.11. The van der Waals surface area contributed by atoms with E-state index in [-0.39, 0.29) is 6.54 Å². The monoisotopic (exact) mass is 410 g/mol. The highest BCUT2D eigenvalue weighted by Gasteiger charge is 2.37. The lowest BCUT2D eigenvalue weighted by Crippen LogP contribution is -2.29. The minimum atomic E-state index is -0.583. The Hall–Kier alpha value is -2.86. The Kier molecular flexibility index (Phi) is 4.12. The smallest absolute Gasteiger partial charge is 0.299 e. The number of pyridine rings is 1. The summed E-state index contributed by atoms with van der Waals surface area (Å²) >= 11 is 3.38. The summed E-state index contributed by atoms with van der Waals surface area (Å²) in [5.74, 6) is -1.68. The number of carbonyl (C=O) groups excluding carboxylic acids is 2. The summed E-state index contributed by atoms with van der Waals surface area (Å²) in [6.45, 7) is 0.274. The molecule has 0 spiro atoms. The van der Waals surface area contributed by atoms with Crippen molar-refractivity contribution in [1.29, 1.82) is 0 Å². The molecular formula is C20H12BrFN2O2. The molecule has 0 saturated carbocycles. The molecule has 1 aliphatic rings. The second-order valence-electron chi connectivity index (χ2n) is 5.92. The Balaban J connectivity index is 1.82. The molecule has 128 valence electrons. The van der Waals surface area contributed by atoms with E-state index in [2.05, 4.69) is 20.9 Å². The molecule has 6 heteroatoms. The first kappa shape index (κ1) is 16.6. The van der Waals surface area contributed by atoms with E-state index in [4.69, 9.17) is 0 Å². The molecule has 0 atom stereocenters. The molecule has 0 saturated heterocycles. The number of para-hydroxylation sites is 1. The fourth-order valence-corrected chi connectivity index (χ4v) is 3.31. The highest BCUT2D eigenvalue weighted by Crippen LogP contribution is 2.39. The van der Waals surface area contributed by atoms with Crippen molar-refractivity contribution in [3.63, 3.8) is 0 Å². The van der Waals surface area contributed by atoms with Gasteiger partial charge in [0.05, 0.1) is 17.8 Å². The maximum absolute atomic E-state index is 13.2. The van der Waals surface area contributed by atoms with Crippen LogP contribution in [0.25, 0.3) is 11.1 Å². The molecule has 1 aliphatic heterocycles. The molecule has 0 fully saturated rings. The third kappa shape index (κ3) is 2.82. The number of nitrogens with zero attached hydrogens (tertiary/aromatic N) is 2. The topological polar surface area (TPSA) is 50.3 Å². The second-order valence-corrected chi connectivity index (χ2v) is 6.83. The summed E-state index contributed by atoms with van der Waals surface area (Å²) in [5, 5.41) is 0. The molecule has 1 aromatic heterocycles. The normalized spacial score (nSPS) is 13.2. The third-order valence-corrected chi connectivity index (χ3v) is 4.81. The van der Waals surface area contributed by atoms with Gasteiger partial charge in [-0.3, -0.25) is 14.5 Å². The quantitative estimate of drug-likeness (QED) is 0.475. The Morgan fingerprint density at radius 2 is 1.69 bits per heavy atom. The molecule has 4 rings (SSSR count). The second kappa shape index (κ2) is 6.46. The lowest BCUT2D eigenvalue weighted by Gasteiger charge is -2.20. The summed E-state index contributed by atoms with van der Waals surface area (Å²) in [4.78, 5) is 30.1. The van der Waals surface area contributed by atoms with Crippen LogP contribution in [0.4, 0.5) is 10.1 Å². The number of hydrogen-bond acceptors (Lipinski definition) is 3. The Morgan fingerprint density at radius 1 is 0.962 bits per heavy atom. The summed E-state index contributed by atoms with van der Waals surface area (Å²) in [6.07, 6.45) is 1.40. The number of hydrogen-bond donors (Lipinski definition) is 0. The van der Waals surface area contributed by atoms with Crippen LogP contribution in [-0.2, 0) is 11.3 Å². The molecule has 3 aromatic rings. The van der Waals surface area contributed by atoms with E-state index in [1.807, 2.05) is 24.3 Å². The lowest BCUT2D eigenvalue weighted by atomic mass is 10.0. The number of aromatic nitrogens is 1. The number of fused-ring (bicyclic) bond motifs is 1. The molecular weight excluding hydrogens is 399 g/mol. The number of halogens is 2. The van der Waals surface area contributed by atoms with Crippen molar-refractivity contribution in [2.45, 2.75) is 6.54 Å². The van der Waals surface area contributed by atoms with Gasteiger partial charge in [-0.1, -0.05) is 40.2 Å². The first-order valence-electron chi connectivity index (χ1n) is 7.90. The van der Waals surface area contributed by atoms with Crippen molar-refractivity contribution in [3.05, 3.63) is 82.3 Å². The zero-order chi connectivity index (χ0) is 18.3. The molecule has 2 aromatic carbocycles. The van der Waals surface area contributed by atoms with Gasteiger partial charge in [0.2, 0.25) is 5.95 Å². The van der Waals surface area contributed by atoms with Crippen LogP contribution in [-0.4, -0.2) is 16.7 Å². The predicted molar refractivity (Wildman–Crippen MR) is 99.3 cm³/mol. The van der Waals surface area contributed by atoms with Crippen LogP contribution in [0.15, 0.2) is 65.3 Å². The molecule has 1 amide bonds. The van der Waals surface area contributed by atoms with Crippen molar-refractivity contribution in [3.8, 4) is 11.1 Å². The van der Waals surface area contributed by atoms with Crippen LogP contribution < -0.4 is 4.90 Å². The average Bonchev–Trinajstić information content (AvgIpc) is 2.89.